The maximum atomic E-state index is 12.7. The molecular weight excluding hydrogens is 354 g/mol. The van der Waals surface area contributed by atoms with Crippen LogP contribution in [0.5, 0.6) is 0 Å². The number of rotatable bonds is 7. The van der Waals surface area contributed by atoms with Gasteiger partial charge in [-0.1, -0.05) is 60.7 Å². The first-order chi connectivity index (χ1) is 13.2. The first-order valence-corrected chi connectivity index (χ1v) is 9.82. The van der Waals surface area contributed by atoms with Crippen LogP contribution in [-0.4, -0.2) is 13.0 Å². The number of aryl methyl sites for hydroxylation is 1. The molecule has 0 bridgehead atoms. The van der Waals surface area contributed by atoms with Crippen molar-refractivity contribution in [1.29, 1.82) is 0 Å². The van der Waals surface area contributed by atoms with Crippen LogP contribution < -0.4 is 5.32 Å². The Morgan fingerprint density at radius 1 is 1.00 bits per heavy atom. The second-order valence-corrected chi connectivity index (χ2v) is 7.32. The molecule has 3 aromatic carbocycles. The Balaban J connectivity index is 1.65. The van der Waals surface area contributed by atoms with Gasteiger partial charge in [-0.25, -0.2) is 0 Å². The molecule has 1 atom stereocenters. The average molecular weight is 378 g/mol. The van der Waals surface area contributed by atoms with E-state index in [1.165, 1.54) is 10.5 Å². The van der Waals surface area contributed by atoms with Crippen molar-refractivity contribution in [2.24, 2.45) is 0 Å². The Bertz CT molecular complexity index is 881. The third-order valence-electron chi connectivity index (χ3n) is 4.27. The summed E-state index contributed by atoms with van der Waals surface area (Å²) in [5, 5.41) is 2.99. The molecule has 0 aliphatic heterocycles. The third-order valence-corrected chi connectivity index (χ3v) is 5.36. The molecule has 138 valence electrons. The van der Waals surface area contributed by atoms with Gasteiger partial charge in [-0.15, -0.1) is 11.8 Å². The fourth-order valence-corrected chi connectivity index (χ4v) is 3.72. The van der Waals surface area contributed by atoms with E-state index >= 15 is 0 Å². The monoisotopic (exact) mass is 377 g/mol. The smallest absolute Gasteiger partial charge is 0.258 e. The molecule has 27 heavy (non-hydrogen) atoms. The Hall–Kier alpha value is -2.56. The number of thioether (sulfide) groups is 1. The molecule has 0 aromatic heterocycles. The van der Waals surface area contributed by atoms with Crippen molar-refractivity contribution in [2.75, 3.05) is 12.4 Å². The van der Waals surface area contributed by atoms with Gasteiger partial charge in [-0.2, -0.15) is 0 Å². The van der Waals surface area contributed by atoms with Crippen LogP contribution in [0.25, 0.3) is 0 Å². The van der Waals surface area contributed by atoms with E-state index in [1.807, 2.05) is 61.5 Å². The Morgan fingerprint density at radius 2 is 1.67 bits per heavy atom. The van der Waals surface area contributed by atoms with Gasteiger partial charge in [0.2, 0.25) is 0 Å². The molecule has 0 spiro atoms. The van der Waals surface area contributed by atoms with Crippen LogP contribution in [0, 0.1) is 6.92 Å². The van der Waals surface area contributed by atoms with Gasteiger partial charge < -0.3 is 10.1 Å². The standard InChI is InChI=1S/C23H23NO2S/c1-17-15-18(16-27-20-11-7-4-8-12-20)13-14-21(17)24-23(25)22(26-2)19-9-5-3-6-10-19/h3-15,22H,16H2,1-2H3,(H,24,25)/t22-/m0/s1. The van der Waals surface area contributed by atoms with Crippen LogP contribution in [0.2, 0.25) is 0 Å². The molecule has 0 aliphatic carbocycles. The molecule has 0 saturated carbocycles. The van der Waals surface area contributed by atoms with Crippen LogP contribution in [0.1, 0.15) is 22.8 Å². The summed E-state index contributed by atoms with van der Waals surface area (Å²) in [6.07, 6.45) is -0.626. The summed E-state index contributed by atoms with van der Waals surface area (Å²) < 4.78 is 5.41. The normalized spacial score (nSPS) is 11.8. The van der Waals surface area contributed by atoms with E-state index in [2.05, 4.69) is 29.6 Å². The summed E-state index contributed by atoms with van der Waals surface area (Å²) in [5.74, 6) is 0.724. The zero-order chi connectivity index (χ0) is 19.1. The number of carbonyl (C=O) groups is 1. The van der Waals surface area contributed by atoms with Crippen molar-refractivity contribution in [3.63, 3.8) is 0 Å². The van der Waals surface area contributed by atoms with Gasteiger partial charge >= 0.3 is 0 Å². The number of amides is 1. The van der Waals surface area contributed by atoms with E-state index in [1.54, 1.807) is 18.9 Å². The van der Waals surface area contributed by atoms with Crippen molar-refractivity contribution >= 4 is 23.4 Å². The number of methoxy groups -OCH3 is 1. The van der Waals surface area contributed by atoms with E-state index in [0.29, 0.717) is 0 Å². The van der Waals surface area contributed by atoms with Crippen LogP contribution in [-0.2, 0) is 15.3 Å². The summed E-state index contributed by atoms with van der Waals surface area (Å²) in [5.41, 5.74) is 3.92. The molecule has 0 unspecified atom stereocenters. The highest BCUT2D eigenvalue weighted by atomic mass is 32.2. The quantitative estimate of drug-likeness (QED) is 0.544. The van der Waals surface area contributed by atoms with E-state index in [0.717, 1.165) is 22.6 Å². The number of nitrogens with one attached hydrogen (secondary N) is 1. The zero-order valence-corrected chi connectivity index (χ0v) is 16.3. The fraction of sp³-hybridized carbons (Fsp3) is 0.174. The van der Waals surface area contributed by atoms with E-state index in [9.17, 15) is 4.79 Å². The SMILES string of the molecule is CO[C@H](C(=O)Nc1ccc(CSc2ccccc2)cc1C)c1ccccc1. The molecule has 3 nitrogen and oxygen atoms in total. The van der Waals surface area contributed by atoms with Crippen molar-refractivity contribution in [2.45, 2.75) is 23.7 Å². The summed E-state index contributed by atoms with van der Waals surface area (Å²) >= 11 is 1.80. The predicted octanol–water partition coefficient (Wildman–Crippen LogP) is 5.61. The highest BCUT2D eigenvalue weighted by Gasteiger charge is 2.20. The minimum atomic E-state index is -0.626. The molecule has 1 N–H and O–H groups in total. The molecule has 0 radical (unpaired) electrons. The lowest BCUT2D eigenvalue weighted by molar-refractivity contribution is -0.126. The molecule has 3 aromatic rings. The van der Waals surface area contributed by atoms with Crippen LogP contribution >= 0.6 is 11.8 Å². The molecule has 4 heteroatoms. The second kappa shape index (κ2) is 9.40. The highest BCUT2D eigenvalue weighted by molar-refractivity contribution is 7.98. The number of benzene rings is 3. The summed E-state index contributed by atoms with van der Waals surface area (Å²) in [6, 6.07) is 26.0. The predicted molar refractivity (Wildman–Crippen MR) is 112 cm³/mol. The van der Waals surface area contributed by atoms with Gasteiger partial charge in [0.1, 0.15) is 0 Å². The second-order valence-electron chi connectivity index (χ2n) is 6.27. The minimum absolute atomic E-state index is 0.168. The number of ether oxygens (including phenoxy) is 1. The first kappa shape index (κ1) is 19.2. The molecule has 0 heterocycles. The number of hydrogen-bond donors (Lipinski definition) is 1. The van der Waals surface area contributed by atoms with Gasteiger partial charge in [0, 0.05) is 23.4 Å². The lowest BCUT2D eigenvalue weighted by Crippen LogP contribution is -2.23. The van der Waals surface area contributed by atoms with Crippen LogP contribution in [0.15, 0.2) is 83.8 Å². The number of anilines is 1. The lowest BCUT2D eigenvalue weighted by atomic mass is 10.1. The minimum Gasteiger partial charge on any atom is -0.367 e. The molecule has 0 aliphatic rings. The van der Waals surface area contributed by atoms with Gasteiger partial charge in [-0.05, 0) is 41.8 Å². The maximum absolute atomic E-state index is 12.7. The summed E-state index contributed by atoms with van der Waals surface area (Å²) in [4.78, 5) is 13.9. The molecule has 0 fully saturated rings. The van der Waals surface area contributed by atoms with E-state index < -0.39 is 6.10 Å². The fourth-order valence-electron chi connectivity index (χ4n) is 2.86. The zero-order valence-electron chi connectivity index (χ0n) is 15.5. The summed E-state index contributed by atoms with van der Waals surface area (Å²) in [7, 11) is 1.55. The number of carbonyl (C=O) groups excluding carboxylic acids is 1. The number of hydrogen-bond acceptors (Lipinski definition) is 3. The van der Waals surface area contributed by atoms with Crippen molar-refractivity contribution in [1.82, 2.24) is 0 Å². The topological polar surface area (TPSA) is 38.3 Å². The largest absolute Gasteiger partial charge is 0.367 e. The van der Waals surface area contributed by atoms with Gasteiger partial charge in [-0.3, -0.25) is 4.79 Å². The maximum Gasteiger partial charge on any atom is 0.258 e. The first-order valence-electron chi connectivity index (χ1n) is 8.83. The van der Waals surface area contributed by atoms with Crippen molar-refractivity contribution < 1.29 is 9.53 Å². The van der Waals surface area contributed by atoms with E-state index in [4.69, 9.17) is 4.74 Å². The van der Waals surface area contributed by atoms with Gasteiger partial charge in [0.25, 0.3) is 5.91 Å². The Labute approximate surface area is 164 Å². The van der Waals surface area contributed by atoms with Crippen molar-refractivity contribution in [3.8, 4) is 0 Å². The lowest BCUT2D eigenvalue weighted by Gasteiger charge is -2.17. The molecule has 0 saturated heterocycles. The van der Waals surface area contributed by atoms with Crippen LogP contribution in [0.3, 0.4) is 0 Å². The van der Waals surface area contributed by atoms with Crippen molar-refractivity contribution in [3.05, 3.63) is 95.6 Å². The molecule has 3 rings (SSSR count). The Kier molecular flexibility index (Phi) is 6.69. The third kappa shape index (κ3) is 5.22. The molecular formula is C23H23NO2S. The van der Waals surface area contributed by atoms with E-state index in [-0.39, 0.29) is 5.91 Å². The molecule has 1 amide bonds. The Morgan fingerprint density at radius 3 is 2.30 bits per heavy atom. The summed E-state index contributed by atoms with van der Waals surface area (Å²) in [6.45, 7) is 2.01. The van der Waals surface area contributed by atoms with Crippen LogP contribution in [0.4, 0.5) is 5.69 Å². The van der Waals surface area contributed by atoms with Gasteiger partial charge in [0.05, 0.1) is 0 Å². The highest BCUT2D eigenvalue weighted by Crippen LogP contribution is 2.26. The van der Waals surface area contributed by atoms with Gasteiger partial charge in [0.15, 0.2) is 6.10 Å². The average Bonchev–Trinajstić information content (AvgIpc) is 2.70.